The molecule has 1 aliphatic carbocycles. The molecule has 0 bridgehead atoms. The second-order valence-corrected chi connectivity index (χ2v) is 4.66. The van der Waals surface area contributed by atoms with E-state index in [9.17, 15) is 4.79 Å². The molecular weight excluding hydrogens is 230 g/mol. The van der Waals surface area contributed by atoms with Crippen molar-refractivity contribution in [2.45, 2.75) is 44.8 Å². The van der Waals surface area contributed by atoms with Gasteiger partial charge < -0.3 is 15.2 Å². The molecule has 0 aromatic heterocycles. The van der Waals surface area contributed by atoms with E-state index in [1.807, 2.05) is 12.1 Å². The Morgan fingerprint density at radius 3 is 2.67 bits per heavy atom. The second kappa shape index (κ2) is 5.76. The fourth-order valence-electron chi connectivity index (χ4n) is 2.08. The van der Waals surface area contributed by atoms with Gasteiger partial charge in [0.1, 0.15) is 11.5 Å². The normalized spacial score (nSPS) is 17.4. The van der Waals surface area contributed by atoms with Crippen molar-refractivity contribution in [3.8, 4) is 11.5 Å². The Morgan fingerprint density at radius 1 is 1.33 bits per heavy atom. The van der Waals surface area contributed by atoms with E-state index in [-0.39, 0.29) is 0 Å². The molecule has 1 aromatic carbocycles. The van der Waals surface area contributed by atoms with E-state index in [0.29, 0.717) is 11.9 Å². The maximum atomic E-state index is 10.9. The van der Waals surface area contributed by atoms with Crippen LogP contribution < -0.4 is 15.2 Å². The molecule has 4 nitrogen and oxygen atoms in total. The van der Waals surface area contributed by atoms with Crippen molar-refractivity contribution in [2.75, 3.05) is 0 Å². The molecule has 0 spiro atoms. The third-order valence-corrected chi connectivity index (χ3v) is 3.12. The number of hydrogen-bond donors (Lipinski definition) is 1. The first-order valence-corrected chi connectivity index (χ1v) is 6.38. The highest BCUT2D eigenvalue weighted by Crippen LogP contribution is 2.26. The average molecular weight is 249 g/mol. The molecule has 18 heavy (non-hydrogen) atoms. The van der Waals surface area contributed by atoms with Crippen LogP contribution in [0.15, 0.2) is 24.3 Å². The third kappa shape index (κ3) is 3.39. The molecule has 1 atom stereocenters. The van der Waals surface area contributed by atoms with Crippen molar-refractivity contribution in [1.29, 1.82) is 0 Å². The predicted molar refractivity (Wildman–Crippen MR) is 68.6 cm³/mol. The van der Waals surface area contributed by atoms with Crippen LogP contribution in [0.4, 0.5) is 0 Å². The van der Waals surface area contributed by atoms with Crippen LogP contribution in [0, 0.1) is 0 Å². The largest absolute Gasteiger partial charge is 0.490 e. The van der Waals surface area contributed by atoms with Gasteiger partial charge in [0.2, 0.25) is 0 Å². The number of ether oxygens (including phenoxy) is 2. The van der Waals surface area contributed by atoms with Gasteiger partial charge in [0.25, 0.3) is 5.91 Å². The lowest BCUT2D eigenvalue weighted by atomic mass is 10.3. The SMILES string of the molecule is C[C@H](Oc1cccc(OC2CCCC2)c1)C(N)=O. The molecule has 0 aliphatic heterocycles. The number of primary amides is 1. The minimum atomic E-state index is -0.633. The Morgan fingerprint density at radius 2 is 2.00 bits per heavy atom. The van der Waals surface area contributed by atoms with E-state index in [2.05, 4.69) is 0 Å². The summed E-state index contributed by atoms with van der Waals surface area (Å²) < 4.78 is 11.3. The van der Waals surface area contributed by atoms with Crippen LogP contribution in [-0.2, 0) is 4.79 Å². The summed E-state index contributed by atoms with van der Waals surface area (Å²) in [6.07, 6.45) is 4.38. The summed E-state index contributed by atoms with van der Waals surface area (Å²) >= 11 is 0. The first-order valence-electron chi connectivity index (χ1n) is 6.38. The lowest BCUT2D eigenvalue weighted by Gasteiger charge is -2.15. The Labute approximate surface area is 107 Å². The van der Waals surface area contributed by atoms with E-state index < -0.39 is 12.0 Å². The summed E-state index contributed by atoms with van der Waals surface area (Å²) in [5.41, 5.74) is 5.16. The van der Waals surface area contributed by atoms with Crippen molar-refractivity contribution in [3.63, 3.8) is 0 Å². The first kappa shape index (κ1) is 12.7. The zero-order valence-electron chi connectivity index (χ0n) is 10.6. The highest BCUT2D eigenvalue weighted by Gasteiger charge is 2.17. The maximum Gasteiger partial charge on any atom is 0.258 e. The van der Waals surface area contributed by atoms with Gasteiger partial charge in [-0.3, -0.25) is 4.79 Å². The topological polar surface area (TPSA) is 61.6 Å². The van der Waals surface area contributed by atoms with Crippen LogP contribution >= 0.6 is 0 Å². The van der Waals surface area contributed by atoms with Crippen molar-refractivity contribution in [1.82, 2.24) is 0 Å². The molecule has 1 aromatic rings. The Bertz CT molecular complexity index is 413. The number of carbonyl (C=O) groups is 1. The van der Waals surface area contributed by atoms with Gasteiger partial charge in [-0.05, 0) is 44.7 Å². The maximum absolute atomic E-state index is 10.9. The molecule has 98 valence electrons. The van der Waals surface area contributed by atoms with Gasteiger partial charge in [-0.25, -0.2) is 0 Å². The summed E-state index contributed by atoms with van der Waals surface area (Å²) in [6.45, 7) is 1.63. The van der Waals surface area contributed by atoms with Gasteiger partial charge in [0, 0.05) is 6.07 Å². The summed E-state index contributed by atoms with van der Waals surface area (Å²) in [6, 6.07) is 7.35. The first-order chi connectivity index (χ1) is 8.65. The standard InChI is InChI=1S/C14H19NO3/c1-10(14(15)16)17-12-7-4-8-13(9-12)18-11-5-2-3-6-11/h4,7-11H,2-3,5-6H2,1H3,(H2,15,16)/t10-/m0/s1. The molecule has 2 rings (SSSR count). The van der Waals surface area contributed by atoms with Crippen molar-refractivity contribution < 1.29 is 14.3 Å². The molecule has 0 unspecified atom stereocenters. The lowest BCUT2D eigenvalue weighted by Crippen LogP contribution is -2.30. The zero-order chi connectivity index (χ0) is 13.0. The Hall–Kier alpha value is -1.71. The smallest absolute Gasteiger partial charge is 0.258 e. The van der Waals surface area contributed by atoms with E-state index in [1.54, 1.807) is 19.1 Å². The molecule has 0 heterocycles. The number of nitrogens with two attached hydrogens (primary N) is 1. The fraction of sp³-hybridized carbons (Fsp3) is 0.500. The quantitative estimate of drug-likeness (QED) is 0.870. The van der Waals surface area contributed by atoms with Gasteiger partial charge in [-0.2, -0.15) is 0 Å². The molecule has 1 aliphatic rings. The molecule has 0 saturated heterocycles. The Balaban J connectivity index is 1.98. The minimum Gasteiger partial charge on any atom is -0.490 e. The van der Waals surface area contributed by atoms with Crippen LogP contribution in [0.5, 0.6) is 11.5 Å². The number of hydrogen-bond acceptors (Lipinski definition) is 3. The monoisotopic (exact) mass is 249 g/mol. The Kier molecular flexibility index (Phi) is 4.07. The highest BCUT2D eigenvalue weighted by molar-refractivity contribution is 5.78. The van der Waals surface area contributed by atoms with E-state index in [4.69, 9.17) is 15.2 Å². The van der Waals surface area contributed by atoms with Crippen LogP contribution in [0.2, 0.25) is 0 Å². The second-order valence-electron chi connectivity index (χ2n) is 4.66. The average Bonchev–Trinajstić information content (AvgIpc) is 2.82. The molecule has 1 fully saturated rings. The van der Waals surface area contributed by atoms with Gasteiger partial charge in [-0.1, -0.05) is 6.07 Å². The summed E-state index contributed by atoms with van der Waals surface area (Å²) in [5.74, 6) is 0.921. The van der Waals surface area contributed by atoms with E-state index in [1.165, 1.54) is 12.8 Å². The van der Waals surface area contributed by atoms with Crippen LogP contribution in [0.1, 0.15) is 32.6 Å². The molecule has 2 N–H and O–H groups in total. The number of amides is 1. The van der Waals surface area contributed by atoms with Crippen molar-refractivity contribution >= 4 is 5.91 Å². The van der Waals surface area contributed by atoms with Crippen molar-refractivity contribution in [2.24, 2.45) is 5.73 Å². The van der Waals surface area contributed by atoms with Gasteiger partial charge in [0.15, 0.2) is 6.10 Å². The van der Waals surface area contributed by atoms with Gasteiger partial charge >= 0.3 is 0 Å². The summed E-state index contributed by atoms with van der Waals surface area (Å²) in [5, 5.41) is 0. The van der Waals surface area contributed by atoms with Crippen LogP contribution in [-0.4, -0.2) is 18.1 Å². The molecule has 0 radical (unpaired) electrons. The highest BCUT2D eigenvalue weighted by atomic mass is 16.5. The number of carbonyl (C=O) groups excluding carboxylic acids is 1. The van der Waals surface area contributed by atoms with E-state index in [0.717, 1.165) is 18.6 Å². The lowest BCUT2D eigenvalue weighted by molar-refractivity contribution is -0.123. The van der Waals surface area contributed by atoms with Crippen molar-refractivity contribution in [3.05, 3.63) is 24.3 Å². The van der Waals surface area contributed by atoms with E-state index >= 15 is 0 Å². The summed E-state index contributed by atoms with van der Waals surface area (Å²) in [4.78, 5) is 10.9. The molecule has 1 amide bonds. The van der Waals surface area contributed by atoms with Crippen LogP contribution in [0.3, 0.4) is 0 Å². The van der Waals surface area contributed by atoms with Crippen LogP contribution in [0.25, 0.3) is 0 Å². The zero-order valence-corrected chi connectivity index (χ0v) is 10.6. The molecule has 1 saturated carbocycles. The minimum absolute atomic E-state index is 0.314. The number of benzene rings is 1. The molecular formula is C14H19NO3. The van der Waals surface area contributed by atoms with Gasteiger partial charge in [0.05, 0.1) is 6.10 Å². The fourth-order valence-corrected chi connectivity index (χ4v) is 2.08. The molecule has 4 heteroatoms. The van der Waals surface area contributed by atoms with Gasteiger partial charge in [-0.15, -0.1) is 0 Å². The number of rotatable bonds is 5. The third-order valence-electron chi connectivity index (χ3n) is 3.12. The predicted octanol–water partition coefficient (Wildman–Crippen LogP) is 2.26. The summed E-state index contributed by atoms with van der Waals surface area (Å²) in [7, 11) is 0.